The number of rotatable bonds is 4. The molecule has 0 aliphatic carbocycles. The van der Waals surface area contributed by atoms with E-state index in [0.29, 0.717) is 5.03 Å². The van der Waals surface area contributed by atoms with Crippen LogP contribution >= 0.6 is 11.8 Å². The van der Waals surface area contributed by atoms with Crippen molar-refractivity contribution in [3.8, 4) is 0 Å². The van der Waals surface area contributed by atoms with Crippen molar-refractivity contribution in [3.63, 3.8) is 0 Å². The van der Waals surface area contributed by atoms with E-state index in [2.05, 4.69) is 20.0 Å². The molecule has 0 amide bonds. The first-order chi connectivity index (χ1) is 15.0. The number of halogens is 3. The first-order valence-electron chi connectivity index (χ1n) is 10.1. The maximum absolute atomic E-state index is 13.8. The number of anilines is 1. The van der Waals surface area contributed by atoms with Gasteiger partial charge < -0.3 is 10.6 Å². The molecule has 1 atom stereocenters. The van der Waals surface area contributed by atoms with Crippen LogP contribution in [-0.4, -0.2) is 32.8 Å². The topological polar surface area (TPSA) is 72.9 Å². The normalized spacial score (nSPS) is 19.9. The molecule has 2 aromatic heterocycles. The van der Waals surface area contributed by atoms with Gasteiger partial charge in [-0.1, -0.05) is 17.8 Å². The van der Waals surface area contributed by atoms with Crippen molar-refractivity contribution in [2.24, 2.45) is 11.1 Å². The van der Waals surface area contributed by atoms with Crippen molar-refractivity contribution >= 4 is 17.6 Å². The maximum Gasteiger partial charge on any atom is 0.267 e. The molecule has 0 radical (unpaired) electrons. The van der Waals surface area contributed by atoms with Gasteiger partial charge in [0.15, 0.2) is 0 Å². The molecule has 31 heavy (non-hydrogen) atoms. The van der Waals surface area contributed by atoms with Crippen LogP contribution in [0.25, 0.3) is 0 Å². The Morgan fingerprint density at radius 2 is 1.94 bits per heavy atom. The standard InChI is InChI=1S/C21H21F3N6S/c22-13-2-1-3-15(18(13)20(23)24)31-17-11-26-16(10-27-17)29-8-5-21(6-9-29)12-30-14(19(21)25)4-7-28-30/h1-4,7,10-11,19-20H,5-6,8-9,12,25H2/t19-/m1/s1. The predicted octanol–water partition coefficient (Wildman–Crippen LogP) is 4.20. The number of nitrogens with zero attached hydrogens (tertiary/aromatic N) is 5. The minimum absolute atomic E-state index is 0.0164. The second kappa shape index (κ2) is 7.83. The Balaban J connectivity index is 1.26. The lowest BCUT2D eigenvalue weighted by Gasteiger charge is -2.41. The summed E-state index contributed by atoms with van der Waals surface area (Å²) in [7, 11) is 0. The molecule has 4 heterocycles. The highest BCUT2D eigenvalue weighted by molar-refractivity contribution is 7.99. The van der Waals surface area contributed by atoms with Gasteiger partial charge in [0.25, 0.3) is 6.43 Å². The van der Waals surface area contributed by atoms with Crippen molar-refractivity contribution in [2.75, 3.05) is 18.0 Å². The summed E-state index contributed by atoms with van der Waals surface area (Å²) in [5.74, 6) is -0.185. The third-order valence-corrected chi connectivity index (χ3v) is 7.33. The smallest absolute Gasteiger partial charge is 0.267 e. The third kappa shape index (κ3) is 3.57. The Morgan fingerprint density at radius 3 is 2.61 bits per heavy atom. The van der Waals surface area contributed by atoms with Gasteiger partial charge in [-0.25, -0.2) is 23.1 Å². The molecular weight excluding hydrogens is 425 g/mol. The van der Waals surface area contributed by atoms with Crippen LogP contribution in [0.3, 0.4) is 0 Å². The minimum atomic E-state index is -2.89. The largest absolute Gasteiger partial charge is 0.355 e. The van der Waals surface area contributed by atoms with E-state index < -0.39 is 17.8 Å². The van der Waals surface area contributed by atoms with Crippen LogP contribution in [-0.2, 0) is 6.54 Å². The van der Waals surface area contributed by atoms with E-state index in [0.717, 1.165) is 61.8 Å². The second-order valence-electron chi connectivity index (χ2n) is 8.01. The number of piperidine rings is 1. The van der Waals surface area contributed by atoms with E-state index in [9.17, 15) is 13.2 Å². The Labute approximate surface area is 181 Å². The highest BCUT2D eigenvalue weighted by atomic mass is 32.2. The van der Waals surface area contributed by atoms with Gasteiger partial charge in [-0.15, -0.1) is 0 Å². The van der Waals surface area contributed by atoms with Crippen LogP contribution in [0, 0.1) is 11.2 Å². The molecule has 2 aliphatic heterocycles. The van der Waals surface area contributed by atoms with Crippen LogP contribution in [0.2, 0.25) is 0 Å². The zero-order valence-electron chi connectivity index (χ0n) is 16.6. The van der Waals surface area contributed by atoms with Crippen molar-refractivity contribution in [3.05, 3.63) is 59.9 Å². The van der Waals surface area contributed by atoms with Gasteiger partial charge in [0, 0.05) is 36.1 Å². The van der Waals surface area contributed by atoms with Gasteiger partial charge in [-0.2, -0.15) is 5.10 Å². The zero-order valence-corrected chi connectivity index (χ0v) is 17.4. The summed E-state index contributed by atoms with van der Waals surface area (Å²) in [5, 5.41) is 4.81. The monoisotopic (exact) mass is 446 g/mol. The highest BCUT2D eigenvalue weighted by Crippen LogP contribution is 2.47. The van der Waals surface area contributed by atoms with Crippen LogP contribution < -0.4 is 10.6 Å². The number of alkyl halides is 2. The molecule has 3 aromatic rings. The van der Waals surface area contributed by atoms with E-state index in [1.54, 1.807) is 18.6 Å². The van der Waals surface area contributed by atoms with Gasteiger partial charge in [-0.05, 0) is 31.0 Å². The van der Waals surface area contributed by atoms with Crippen molar-refractivity contribution in [2.45, 2.75) is 41.8 Å². The fourth-order valence-electron chi connectivity index (χ4n) is 4.56. The van der Waals surface area contributed by atoms with Crippen molar-refractivity contribution < 1.29 is 13.2 Å². The van der Waals surface area contributed by atoms with Crippen LogP contribution in [0.1, 0.15) is 36.6 Å². The summed E-state index contributed by atoms with van der Waals surface area (Å²) in [5.41, 5.74) is 7.04. The molecule has 2 aliphatic rings. The summed E-state index contributed by atoms with van der Waals surface area (Å²) in [6.45, 7) is 2.45. The number of nitrogens with two attached hydrogens (primary N) is 1. The molecule has 0 unspecified atom stereocenters. The average molecular weight is 447 g/mol. The molecule has 5 rings (SSSR count). The maximum atomic E-state index is 13.8. The number of hydrogen-bond donors (Lipinski definition) is 1. The first kappa shape index (κ1) is 20.3. The van der Waals surface area contributed by atoms with E-state index in [1.807, 2.05) is 10.7 Å². The second-order valence-corrected chi connectivity index (χ2v) is 9.07. The van der Waals surface area contributed by atoms with Gasteiger partial charge in [0.05, 0.1) is 29.7 Å². The lowest BCUT2D eigenvalue weighted by Crippen LogP contribution is -2.45. The summed E-state index contributed by atoms with van der Waals surface area (Å²) >= 11 is 0.983. The predicted molar refractivity (Wildman–Crippen MR) is 111 cm³/mol. The van der Waals surface area contributed by atoms with Gasteiger partial charge in [0.1, 0.15) is 16.7 Å². The van der Waals surface area contributed by atoms with Gasteiger partial charge in [-0.3, -0.25) is 4.68 Å². The molecule has 6 nitrogen and oxygen atoms in total. The molecule has 1 aromatic carbocycles. The molecular formula is C21H21F3N6S. The van der Waals surface area contributed by atoms with Crippen molar-refractivity contribution in [1.82, 2.24) is 19.7 Å². The number of benzene rings is 1. The Bertz CT molecular complexity index is 1080. The van der Waals surface area contributed by atoms with Crippen LogP contribution in [0.15, 0.2) is 52.8 Å². The Kier molecular flexibility index (Phi) is 5.13. The fraction of sp³-hybridized carbons (Fsp3) is 0.381. The SMILES string of the molecule is N[C@@H]1c2ccnn2CC12CCN(c1cnc(Sc3cccc(F)c3C(F)F)cn1)CC2. The fourth-order valence-corrected chi connectivity index (χ4v) is 5.44. The summed E-state index contributed by atoms with van der Waals surface area (Å²) in [4.78, 5) is 11.1. The third-order valence-electron chi connectivity index (χ3n) is 6.34. The van der Waals surface area contributed by atoms with E-state index in [4.69, 9.17) is 5.73 Å². The zero-order chi connectivity index (χ0) is 21.6. The van der Waals surface area contributed by atoms with Gasteiger partial charge >= 0.3 is 0 Å². The molecule has 1 spiro atoms. The molecule has 0 saturated carbocycles. The number of aromatic nitrogens is 4. The molecule has 2 N–H and O–H groups in total. The highest BCUT2D eigenvalue weighted by Gasteiger charge is 2.46. The Hall–Kier alpha value is -2.59. The van der Waals surface area contributed by atoms with Gasteiger partial charge in [0.2, 0.25) is 0 Å². The summed E-state index contributed by atoms with van der Waals surface area (Å²) in [6.07, 6.45) is 3.94. The lowest BCUT2D eigenvalue weighted by molar-refractivity contribution is 0.143. The number of hydrogen-bond acceptors (Lipinski definition) is 6. The number of fused-ring (bicyclic) bond motifs is 1. The molecule has 162 valence electrons. The lowest BCUT2D eigenvalue weighted by atomic mass is 9.73. The molecule has 0 bridgehead atoms. The molecule has 1 fully saturated rings. The van der Waals surface area contributed by atoms with E-state index in [-0.39, 0.29) is 16.4 Å². The quantitative estimate of drug-likeness (QED) is 0.648. The molecule has 10 heteroatoms. The van der Waals surface area contributed by atoms with E-state index in [1.165, 1.54) is 12.1 Å². The van der Waals surface area contributed by atoms with Crippen molar-refractivity contribution in [1.29, 1.82) is 0 Å². The summed E-state index contributed by atoms with van der Waals surface area (Å²) < 4.78 is 42.2. The average Bonchev–Trinajstić information content (AvgIpc) is 3.30. The van der Waals surface area contributed by atoms with E-state index >= 15 is 0 Å². The van der Waals surface area contributed by atoms with Crippen LogP contribution in [0.4, 0.5) is 19.0 Å². The molecule has 1 saturated heterocycles. The minimum Gasteiger partial charge on any atom is -0.355 e. The van der Waals surface area contributed by atoms with Crippen LogP contribution in [0.5, 0.6) is 0 Å². The Morgan fingerprint density at radius 1 is 1.13 bits per heavy atom. The first-order valence-corrected chi connectivity index (χ1v) is 10.9. The summed E-state index contributed by atoms with van der Waals surface area (Å²) in [6, 6.07) is 5.88.